The Morgan fingerprint density at radius 3 is 2.88 bits per heavy atom. The first-order valence-corrected chi connectivity index (χ1v) is 8.20. The molecule has 1 aromatic heterocycles. The highest BCUT2D eigenvalue weighted by atomic mass is 16.5. The van der Waals surface area contributed by atoms with Crippen molar-refractivity contribution in [2.24, 2.45) is 0 Å². The fourth-order valence-electron chi connectivity index (χ4n) is 3.24. The molecule has 138 valence electrons. The molecule has 0 aliphatic carbocycles. The summed E-state index contributed by atoms with van der Waals surface area (Å²) in [6.07, 6.45) is 0.278. The van der Waals surface area contributed by atoms with Gasteiger partial charge in [-0.2, -0.15) is 0 Å². The minimum Gasteiger partial charge on any atom is -0.465 e. The molecule has 2 heterocycles. The van der Waals surface area contributed by atoms with E-state index in [-0.39, 0.29) is 25.1 Å². The number of aromatic nitrogens is 2. The maximum Gasteiger partial charge on any atom is 0.408 e. The second-order valence-corrected chi connectivity index (χ2v) is 6.33. The summed E-state index contributed by atoms with van der Waals surface area (Å²) >= 11 is 0. The van der Waals surface area contributed by atoms with Crippen LogP contribution in [0.1, 0.15) is 12.5 Å². The number of hydrogen-bond donors (Lipinski definition) is 2. The van der Waals surface area contributed by atoms with E-state index in [1.165, 1.54) is 13.4 Å². The average molecular weight is 359 g/mol. The van der Waals surface area contributed by atoms with Gasteiger partial charge in [-0.15, -0.1) is 0 Å². The normalized spacial score (nSPS) is 20.6. The van der Waals surface area contributed by atoms with Gasteiger partial charge in [0, 0.05) is 31.6 Å². The van der Waals surface area contributed by atoms with Crippen LogP contribution in [0.2, 0.25) is 0 Å². The van der Waals surface area contributed by atoms with E-state index in [1.54, 1.807) is 4.90 Å². The number of ether oxygens (including phenoxy) is 1. The highest BCUT2D eigenvalue weighted by Gasteiger charge is 2.40. The molecule has 9 nitrogen and oxygen atoms in total. The molecule has 3 N–H and O–H groups in total. The van der Waals surface area contributed by atoms with Crippen molar-refractivity contribution in [1.29, 1.82) is 0 Å². The molecule has 0 bridgehead atoms. The molecule has 3 rings (SSSR count). The van der Waals surface area contributed by atoms with Gasteiger partial charge in [0.15, 0.2) is 0 Å². The van der Waals surface area contributed by atoms with E-state index < -0.39 is 12.1 Å². The lowest BCUT2D eigenvalue weighted by Gasteiger charge is -2.43. The zero-order valence-corrected chi connectivity index (χ0v) is 14.6. The van der Waals surface area contributed by atoms with Crippen LogP contribution in [0.3, 0.4) is 0 Å². The zero-order chi connectivity index (χ0) is 18.8. The van der Waals surface area contributed by atoms with Gasteiger partial charge >= 0.3 is 6.09 Å². The first-order chi connectivity index (χ1) is 12.4. The van der Waals surface area contributed by atoms with E-state index in [1.807, 2.05) is 25.1 Å². The summed E-state index contributed by atoms with van der Waals surface area (Å²) in [5, 5.41) is 10.1. The maximum atomic E-state index is 12.9. The number of nitrogen functional groups attached to an aromatic ring is 1. The third-order valence-electron chi connectivity index (χ3n) is 4.59. The van der Waals surface area contributed by atoms with Crippen LogP contribution in [0.5, 0.6) is 0 Å². The van der Waals surface area contributed by atoms with Gasteiger partial charge in [-0.1, -0.05) is 6.07 Å². The molecule has 2 aromatic rings. The highest BCUT2D eigenvalue weighted by molar-refractivity contribution is 5.89. The Bertz CT molecular complexity index is 843. The third kappa shape index (κ3) is 3.25. The molecule has 1 fully saturated rings. The second-order valence-electron chi connectivity index (χ2n) is 6.33. The van der Waals surface area contributed by atoms with Crippen molar-refractivity contribution in [3.8, 4) is 0 Å². The molecule has 26 heavy (non-hydrogen) atoms. The van der Waals surface area contributed by atoms with Crippen LogP contribution in [-0.2, 0) is 16.1 Å². The Hall–Kier alpha value is -2.94. The minimum absolute atomic E-state index is 0.0236. The van der Waals surface area contributed by atoms with Crippen LogP contribution in [0, 0.1) is 0 Å². The Balaban J connectivity index is 1.86. The Kier molecular flexibility index (Phi) is 4.90. The predicted octanol–water partition coefficient (Wildman–Crippen LogP) is 0.938. The van der Waals surface area contributed by atoms with E-state index in [0.29, 0.717) is 17.9 Å². The van der Waals surface area contributed by atoms with Gasteiger partial charge < -0.3 is 20.5 Å². The monoisotopic (exact) mass is 359 g/mol. The number of amides is 2. The number of carbonyl (C=O) groups is 2. The number of carboxylic acid groups (broad SMARTS) is 1. The summed E-state index contributed by atoms with van der Waals surface area (Å²) in [5.74, 6) is 0.136. The number of hydrogen-bond acceptors (Lipinski definition) is 6. The van der Waals surface area contributed by atoms with Gasteiger partial charge in [0.25, 0.3) is 0 Å². The summed E-state index contributed by atoms with van der Waals surface area (Å²) < 4.78 is 5.05. The average Bonchev–Trinajstić information content (AvgIpc) is 2.61. The summed E-state index contributed by atoms with van der Waals surface area (Å²) in [5.41, 5.74) is 7.43. The lowest BCUT2D eigenvalue weighted by molar-refractivity contribution is -0.147. The number of benzene rings is 1. The number of anilines is 1. The molecule has 1 aliphatic heterocycles. The van der Waals surface area contributed by atoms with Crippen molar-refractivity contribution in [3.05, 3.63) is 30.1 Å². The van der Waals surface area contributed by atoms with E-state index in [4.69, 9.17) is 10.5 Å². The summed E-state index contributed by atoms with van der Waals surface area (Å²) in [4.78, 5) is 35.3. The second kappa shape index (κ2) is 7.12. The van der Waals surface area contributed by atoms with Crippen LogP contribution in [0.25, 0.3) is 10.9 Å². The molecular weight excluding hydrogens is 338 g/mol. The Morgan fingerprint density at radius 1 is 1.42 bits per heavy atom. The van der Waals surface area contributed by atoms with E-state index >= 15 is 0 Å². The molecule has 1 aliphatic rings. The zero-order valence-electron chi connectivity index (χ0n) is 14.6. The molecule has 0 spiro atoms. The molecule has 1 saturated heterocycles. The number of nitrogens with zero attached hydrogens (tertiary/aromatic N) is 4. The van der Waals surface area contributed by atoms with Gasteiger partial charge in [0.1, 0.15) is 18.2 Å². The van der Waals surface area contributed by atoms with Crippen molar-refractivity contribution < 1.29 is 19.4 Å². The molecule has 0 radical (unpaired) electrons. The van der Waals surface area contributed by atoms with E-state index in [9.17, 15) is 14.7 Å². The maximum absolute atomic E-state index is 12.9. The van der Waals surface area contributed by atoms with E-state index in [2.05, 4.69) is 9.97 Å². The fraction of sp³-hybridized carbons (Fsp3) is 0.412. The van der Waals surface area contributed by atoms with Crippen molar-refractivity contribution >= 4 is 28.7 Å². The van der Waals surface area contributed by atoms with E-state index in [0.717, 1.165) is 15.8 Å². The minimum atomic E-state index is -1.12. The van der Waals surface area contributed by atoms with Crippen molar-refractivity contribution in [1.82, 2.24) is 19.8 Å². The summed E-state index contributed by atoms with van der Waals surface area (Å²) in [6.45, 7) is 2.44. The van der Waals surface area contributed by atoms with Crippen LogP contribution in [0.4, 0.5) is 10.6 Å². The molecule has 1 aromatic carbocycles. The van der Waals surface area contributed by atoms with Crippen LogP contribution in [0.15, 0.2) is 24.5 Å². The SMILES string of the molecule is COC[C@H]1C(=O)N(Cc2ccc3c(N)ncnc3c2)[C@H](C)CN1C(=O)O. The van der Waals surface area contributed by atoms with Crippen LogP contribution >= 0.6 is 0 Å². The Labute approximate surface area is 150 Å². The lowest BCUT2D eigenvalue weighted by atomic mass is 10.0. The van der Waals surface area contributed by atoms with Crippen molar-refractivity contribution in [2.75, 3.05) is 26.0 Å². The quantitative estimate of drug-likeness (QED) is 0.833. The predicted molar refractivity (Wildman–Crippen MR) is 94.4 cm³/mol. The third-order valence-corrected chi connectivity index (χ3v) is 4.59. The smallest absolute Gasteiger partial charge is 0.408 e. The largest absolute Gasteiger partial charge is 0.465 e. The molecule has 0 saturated carbocycles. The molecule has 2 amide bonds. The molecule has 2 atom stereocenters. The number of fused-ring (bicyclic) bond motifs is 1. The number of piperazine rings is 1. The lowest BCUT2D eigenvalue weighted by Crippen LogP contribution is -2.63. The first kappa shape index (κ1) is 17.9. The Morgan fingerprint density at radius 2 is 2.19 bits per heavy atom. The van der Waals surface area contributed by atoms with Gasteiger partial charge in [0.2, 0.25) is 5.91 Å². The molecule has 0 unspecified atom stereocenters. The van der Waals surface area contributed by atoms with Crippen molar-refractivity contribution in [2.45, 2.75) is 25.6 Å². The first-order valence-electron chi connectivity index (χ1n) is 8.20. The highest BCUT2D eigenvalue weighted by Crippen LogP contribution is 2.23. The number of nitrogens with two attached hydrogens (primary N) is 1. The number of carbonyl (C=O) groups excluding carboxylic acids is 1. The molecular formula is C17H21N5O4. The van der Waals surface area contributed by atoms with Gasteiger partial charge in [-0.25, -0.2) is 14.8 Å². The van der Waals surface area contributed by atoms with Crippen LogP contribution in [-0.4, -0.2) is 69.2 Å². The standard InChI is InChI=1S/C17H21N5O4/c1-10-6-22(17(24)25)14(8-26-2)16(23)21(10)7-11-3-4-12-13(5-11)19-9-20-15(12)18/h3-5,9-10,14H,6-8H2,1-2H3,(H,24,25)(H2,18,19,20)/t10-,14+/m1/s1. The van der Waals surface area contributed by atoms with Gasteiger partial charge in [0.05, 0.1) is 12.1 Å². The fourth-order valence-corrected chi connectivity index (χ4v) is 3.24. The molecule has 9 heteroatoms. The summed E-state index contributed by atoms with van der Waals surface area (Å²) in [7, 11) is 1.45. The van der Waals surface area contributed by atoms with Crippen molar-refractivity contribution in [3.63, 3.8) is 0 Å². The van der Waals surface area contributed by atoms with Gasteiger partial charge in [-0.3, -0.25) is 9.69 Å². The topological polar surface area (TPSA) is 122 Å². The number of rotatable bonds is 4. The number of methoxy groups -OCH3 is 1. The summed E-state index contributed by atoms with van der Waals surface area (Å²) in [6, 6.07) is 4.47. The van der Waals surface area contributed by atoms with Gasteiger partial charge in [-0.05, 0) is 24.6 Å². The van der Waals surface area contributed by atoms with Crippen LogP contribution < -0.4 is 5.73 Å².